The second kappa shape index (κ2) is 31.9. The van der Waals surface area contributed by atoms with E-state index in [1.165, 1.54) is 9.80 Å². The van der Waals surface area contributed by atoms with E-state index in [0.717, 1.165) is 53.9 Å². The number of halogens is 12. The van der Waals surface area contributed by atoms with E-state index in [2.05, 4.69) is 40.4 Å². The third-order valence-electron chi connectivity index (χ3n) is 14.3. The molecule has 10 rings (SSSR count). The zero-order valence-corrected chi connectivity index (χ0v) is 48.7. The van der Waals surface area contributed by atoms with Gasteiger partial charge >= 0.3 is 28.9 Å². The van der Waals surface area contributed by atoms with Crippen LogP contribution in [0, 0.1) is 34.9 Å². The number of amides is 2. The summed E-state index contributed by atoms with van der Waals surface area (Å²) in [5.74, 6) is -9.98. The predicted molar refractivity (Wildman–Crippen MR) is 302 cm³/mol. The molecule has 492 valence electrons. The molecule has 6 atom stereocenters. The third kappa shape index (κ3) is 19.6. The fourth-order valence-corrected chi connectivity index (χ4v) is 10.0. The lowest BCUT2D eigenvalue weighted by Gasteiger charge is -2.30. The van der Waals surface area contributed by atoms with Crippen molar-refractivity contribution in [2.45, 2.75) is 110 Å². The highest BCUT2D eigenvalue weighted by molar-refractivity contribution is 7.30. The summed E-state index contributed by atoms with van der Waals surface area (Å²) < 4.78 is 188. The smallest absolute Gasteiger partial charge is 0.521 e. The minimum Gasteiger partial charge on any atom is -0.565 e. The molecule has 0 saturated carbocycles. The number of aromatic nitrogens is 6. The van der Waals surface area contributed by atoms with Crippen molar-refractivity contribution in [2.75, 3.05) is 13.1 Å². The van der Waals surface area contributed by atoms with Crippen LogP contribution >= 0.6 is 16.5 Å². The molecule has 2 aliphatic rings. The maximum Gasteiger partial charge on any atom is 0.521 e. The summed E-state index contributed by atoms with van der Waals surface area (Å²) >= 11 is 0. The van der Waals surface area contributed by atoms with Gasteiger partial charge in [0.2, 0.25) is 23.5 Å². The largest absolute Gasteiger partial charge is 0.565 e. The Morgan fingerprint density at radius 2 is 0.868 bits per heavy atom. The van der Waals surface area contributed by atoms with Gasteiger partial charge < -0.3 is 39.4 Å². The molecule has 91 heavy (non-hydrogen) atoms. The van der Waals surface area contributed by atoms with Crippen LogP contribution in [0.2, 0.25) is 0 Å². The molecule has 8 aromatic rings. The van der Waals surface area contributed by atoms with Crippen molar-refractivity contribution in [3.8, 4) is 0 Å². The fraction of sp³-hybridized carbons (Fsp3) is 0.333. The highest BCUT2D eigenvalue weighted by Gasteiger charge is 2.41. The molecule has 4 heterocycles. The molecule has 0 fully saturated rings. The molecule has 0 aliphatic carbocycles. The number of rotatable bonds is 16. The monoisotopic (exact) mass is 1330 g/mol. The maximum absolute atomic E-state index is 14.5. The Morgan fingerprint density at radius 1 is 0.538 bits per heavy atom. The van der Waals surface area contributed by atoms with E-state index < -0.39 is 99.3 Å². The van der Waals surface area contributed by atoms with E-state index in [1.54, 1.807) is 0 Å². The van der Waals surface area contributed by atoms with Crippen molar-refractivity contribution >= 4 is 49.9 Å². The first-order valence-corrected chi connectivity index (χ1v) is 28.9. The van der Waals surface area contributed by atoms with Gasteiger partial charge in [-0.1, -0.05) is 80.2 Å². The Balaban J connectivity index is 0.000000336. The van der Waals surface area contributed by atoms with Gasteiger partial charge in [-0.2, -0.15) is 26.3 Å². The summed E-state index contributed by atoms with van der Waals surface area (Å²) in [6, 6.07) is 27.7. The Morgan fingerprint density at radius 3 is 1.20 bits per heavy atom. The molecular weight excluding hydrogens is 1270 g/mol. The summed E-state index contributed by atoms with van der Waals surface area (Å²) in [6.45, 7) is 3.12. The SMILES string of the molecule is C.C[C@@H](N[C@@H](CC(=O)N1CCn2c(nnc2C(F)(F)F)C1)Cc1cc(F)c(F)cc1F)c1ccc2ccccc2c1.C[C@H](N[C@@H](CC(=O)N1CCn2c(nnc2C(F)(F)F)C1)Cc1cc(F)c(F)cc1F)c1ccc2ccccc2c1.O=[P+]([O-])OO.O=[P+]([O-])OO.[HH].[HH]. The minimum atomic E-state index is -4.67. The van der Waals surface area contributed by atoms with Crippen LogP contribution in [-0.4, -0.2) is 86.8 Å². The van der Waals surface area contributed by atoms with Gasteiger partial charge in [-0.3, -0.25) is 9.59 Å². The number of nitrogens with zero attached hydrogens (tertiary/aromatic N) is 8. The van der Waals surface area contributed by atoms with Gasteiger partial charge in [-0.25, -0.2) is 36.9 Å². The van der Waals surface area contributed by atoms with E-state index in [9.17, 15) is 62.3 Å². The Hall–Kier alpha value is -7.90. The summed E-state index contributed by atoms with van der Waals surface area (Å²) in [7, 11) is -6.09. The van der Waals surface area contributed by atoms with Gasteiger partial charge in [-0.05, 0) is 104 Å². The van der Waals surface area contributed by atoms with Gasteiger partial charge in [0.1, 0.15) is 11.6 Å². The summed E-state index contributed by atoms with van der Waals surface area (Å²) in [5, 5.41) is 38.5. The number of nitrogens with one attached hydrogen (secondary N) is 2. The Kier molecular flexibility index (Phi) is 25.3. The molecule has 20 nitrogen and oxygen atoms in total. The van der Waals surface area contributed by atoms with Crippen molar-refractivity contribution < 1.29 is 104 Å². The quantitative estimate of drug-likeness (QED) is 0.0230. The fourth-order valence-electron chi connectivity index (χ4n) is 10.0. The molecule has 4 N–H and O–H groups in total. The molecule has 6 aromatic carbocycles. The molecule has 0 spiro atoms. The van der Waals surface area contributed by atoms with Crippen molar-refractivity contribution in [2.24, 2.45) is 0 Å². The van der Waals surface area contributed by atoms with Gasteiger partial charge in [0.25, 0.3) is 0 Å². The minimum absolute atomic E-state index is 0. The molecule has 2 aromatic heterocycles. The zero-order chi connectivity index (χ0) is 65.8. The topological polar surface area (TPSA) is 265 Å². The van der Waals surface area contributed by atoms with Crippen LogP contribution in [-0.2, 0) is 79.4 Å². The molecule has 2 amide bonds. The number of carbonyl (C=O) groups is 2. The van der Waals surface area contributed by atoms with Crippen molar-refractivity contribution in [3.05, 3.63) is 190 Å². The number of hydrogen-bond acceptors (Lipinski definition) is 16. The molecule has 2 aliphatic heterocycles. The van der Waals surface area contributed by atoms with E-state index >= 15 is 0 Å². The summed E-state index contributed by atoms with van der Waals surface area (Å²) in [6.07, 6.45) is -9.93. The second-order valence-corrected chi connectivity index (χ2v) is 21.6. The van der Waals surface area contributed by atoms with Crippen LogP contribution in [0.4, 0.5) is 52.7 Å². The van der Waals surface area contributed by atoms with E-state index in [0.29, 0.717) is 12.1 Å². The van der Waals surface area contributed by atoms with Crippen LogP contribution in [0.15, 0.2) is 109 Å². The number of hydrogen-bond donors (Lipinski definition) is 4. The number of benzene rings is 6. The van der Waals surface area contributed by atoms with E-state index in [-0.39, 0.29) is 110 Å². The van der Waals surface area contributed by atoms with Crippen LogP contribution in [0.25, 0.3) is 21.5 Å². The van der Waals surface area contributed by atoms with E-state index in [4.69, 9.17) is 29.4 Å². The molecule has 0 radical (unpaired) electrons. The van der Waals surface area contributed by atoms with Gasteiger partial charge in [0, 0.05) is 87.5 Å². The highest BCUT2D eigenvalue weighted by atomic mass is 31.1. The molecule has 2 unspecified atom stereocenters. The summed E-state index contributed by atoms with van der Waals surface area (Å²) in [5.41, 5.74) is 1.58. The van der Waals surface area contributed by atoms with Gasteiger partial charge in [-0.15, -0.1) is 20.4 Å². The average molecular weight is 1340 g/mol. The first-order valence-electron chi connectivity index (χ1n) is 26.8. The van der Waals surface area contributed by atoms with E-state index in [1.807, 2.05) is 98.8 Å². The summed E-state index contributed by atoms with van der Waals surface area (Å²) in [4.78, 5) is 47.2. The van der Waals surface area contributed by atoms with Crippen LogP contribution in [0.3, 0.4) is 0 Å². The number of carbonyl (C=O) groups excluding carboxylic acids is 2. The first kappa shape index (κ1) is 72.2. The maximum atomic E-state index is 14.5. The average Bonchev–Trinajstić information content (AvgIpc) is 1.74. The van der Waals surface area contributed by atoms with Crippen LogP contribution in [0.5, 0.6) is 0 Å². The molecular formula is C57H60F12N10O10P2. The van der Waals surface area contributed by atoms with Gasteiger partial charge in [0.05, 0.1) is 13.1 Å². The predicted octanol–water partition coefficient (Wildman–Crippen LogP) is 11.2. The standard InChI is InChI=1S/2C28H25F6N5O.CH4.2HO4P.2H2/c2*1-16(18-7-6-17-4-2-3-5-19(17)10-18)35-21(11-20-12-23(30)24(31)14-22(20)29)13-26(40)38-8-9-39-25(15-38)36-37-27(39)28(32,33)34;;2*1-4-5(2)3;;/h2*2-7,10,12,14,16,21,35H,8-9,11,13,15H2,1H3;1H4;2*1H;2*1H/t16-,21+;16-,21-;;;;;/m01...../s1. The normalized spacial score (nSPS) is 14.6. The van der Waals surface area contributed by atoms with Crippen LogP contribution < -0.4 is 20.4 Å². The number of fused-ring (bicyclic) bond motifs is 4. The van der Waals surface area contributed by atoms with Crippen molar-refractivity contribution in [1.82, 2.24) is 50.0 Å². The lowest BCUT2D eigenvalue weighted by Crippen LogP contribution is -2.43. The Bertz CT molecular complexity index is 3630. The van der Waals surface area contributed by atoms with Crippen LogP contribution in [0.1, 0.15) is 94.6 Å². The first-order chi connectivity index (χ1) is 42.5. The lowest BCUT2D eigenvalue weighted by molar-refractivity contribution is -0.245. The number of alkyl halides is 6. The van der Waals surface area contributed by atoms with Crippen molar-refractivity contribution in [1.29, 1.82) is 0 Å². The lowest BCUT2D eigenvalue weighted by atomic mass is 9.98. The van der Waals surface area contributed by atoms with Gasteiger partial charge in [0.15, 0.2) is 34.9 Å². The Labute approximate surface area is 514 Å². The molecule has 0 bridgehead atoms. The molecule has 0 saturated heterocycles. The highest BCUT2D eigenvalue weighted by Crippen LogP contribution is 2.32. The zero-order valence-electron chi connectivity index (χ0n) is 46.9. The second-order valence-electron chi connectivity index (χ2n) is 20.3. The van der Waals surface area contributed by atoms with Crippen molar-refractivity contribution in [3.63, 3.8) is 0 Å². The third-order valence-corrected chi connectivity index (χ3v) is 14.6. The molecule has 34 heteroatoms.